The Morgan fingerprint density at radius 1 is 0.875 bits per heavy atom. The summed E-state index contributed by atoms with van der Waals surface area (Å²) < 4.78 is 0. The summed E-state index contributed by atoms with van der Waals surface area (Å²) in [6.45, 7) is 2.31. The molecule has 0 heterocycles. The van der Waals surface area contributed by atoms with E-state index in [0.717, 1.165) is 44.4 Å². The van der Waals surface area contributed by atoms with E-state index in [2.05, 4.69) is 6.92 Å². The number of ketones is 1. The Labute approximate surface area is 99.0 Å². The fourth-order valence-electron chi connectivity index (χ4n) is 3.28. The predicted molar refractivity (Wildman–Crippen MR) is 66.1 cm³/mol. The third kappa shape index (κ3) is 2.85. The Hall–Kier alpha value is -0.370. The largest absolute Gasteiger partial charge is 0.328 e. The van der Waals surface area contributed by atoms with E-state index in [4.69, 9.17) is 5.73 Å². The molecule has 0 aromatic rings. The number of carbonyl (C=O) groups is 1. The first-order chi connectivity index (χ1) is 7.66. The Morgan fingerprint density at radius 2 is 1.31 bits per heavy atom. The molecule has 2 aliphatic carbocycles. The normalized spacial score (nSPS) is 40.6. The summed E-state index contributed by atoms with van der Waals surface area (Å²) in [6.07, 6.45) is 8.99. The molecule has 0 bridgehead atoms. The average Bonchev–Trinajstić information content (AvgIpc) is 2.30. The van der Waals surface area contributed by atoms with Gasteiger partial charge in [-0.1, -0.05) is 19.8 Å². The van der Waals surface area contributed by atoms with Gasteiger partial charge in [-0.2, -0.15) is 0 Å². The Morgan fingerprint density at radius 3 is 1.81 bits per heavy atom. The first kappa shape index (κ1) is 12.1. The summed E-state index contributed by atoms with van der Waals surface area (Å²) in [6, 6.07) is 0.357. The van der Waals surface area contributed by atoms with Gasteiger partial charge in [0.05, 0.1) is 0 Å². The number of Topliss-reactive ketones (excluding diaryl/α,β-unsaturated/α-hetero) is 1. The van der Waals surface area contributed by atoms with E-state index in [1.807, 2.05) is 0 Å². The minimum atomic E-state index is 0.346. The van der Waals surface area contributed by atoms with Crippen LogP contribution in [0.2, 0.25) is 0 Å². The van der Waals surface area contributed by atoms with Gasteiger partial charge in [0.2, 0.25) is 0 Å². The number of hydrogen-bond donors (Lipinski definition) is 1. The fraction of sp³-hybridized carbons (Fsp3) is 0.929. The molecule has 2 fully saturated rings. The van der Waals surface area contributed by atoms with Crippen molar-refractivity contribution in [3.05, 3.63) is 0 Å². The molecule has 2 rings (SSSR count). The van der Waals surface area contributed by atoms with Gasteiger partial charge < -0.3 is 5.73 Å². The summed E-state index contributed by atoms with van der Waals surface area (Å²) >= 11 is 0. The molecule has 0 aromatic heterocycles. The standard InChI is InChI=1S/C14H25NO/c1-10-2-4-11(5-3-10)14(16)12-6-8-13(15)9-7-12/h10-13H,2-9,15H2,1H3. The molecule has 0 saturated heterocycles. The first-order valence-corrected chi connectivity index (χ1v) is 6.96. The third-order valence-electron chi connectivity index (χ3n) is 4.59. The van der Waals surface area contributed by atoms with Gasteiger partial charge in [0.25, 0.3) is 0 Å². The average molecular weight is 223 g/mol. The lowest BCUT2D eigenvalue weighted by Crippen LogP contribution is -2.33. The van der Waals surface area contributed by atoms with E-state index < -0.39 is 0 Å². The number of carbonyl (C=O) groups excluding carboxylic acids is 1. The highest BCUT2D eigenvalue weighted by atomic mass is 16.1. The SMILES string of the molecule is CC1CCC(C(=O)C2CCC(N)CC2)CC1. The second-order valence-electron chi connectivity index (χ2n) is 5.97. The molecule has 2 aliphatic rings. The van der Waals surface area contributed by atoms with Crippen LogP contribution < -0.4 is 5.73 Å². The maximum absolute atomic E-state index is 12.3. The summed E-state index contributed by atoms with van der Waals surface area (Å²) in [5.41, 5.74) is 5.88. The van der Waals surface area contributed by atoms with Crippen molar-refractivity contribution in [2.24, 2.45) is 23.5 Å². The van der Waals surface area contributed by atoms with Gasteiger partial charge in [0.1, 0.15) is 5.78 Å². The lowest BCUT2D eigenvalue weighted by atomic mass is 9.74. The van der Waals surface area contributed by atoms with E-state index >= 15 is 0 Å². The molecule has 0 aromatic carbocycles. The zero-order valence-corrected chi connectivity index (χ0v) is 10.5. The Bertz CT molecular complexity index is 211. The van der Waals surface area contributed by atoms with Crippen molar-refractivity contribution >= 4 is 5.78 Å². The maximum atomic E-state index is 12.3. The molecule has 2 N–H and O–H groups in total. The van der Waals surface area contributed by atoms with E-state index in [1.165, 1.54) is 12.8 Å². The van der Waals surface area contributed by atoms with Gasteiger partial charge in [-0.15, -0.1) is 0 Å². The van der Waals surface area contributed by atoms with Crippen LogP contribution in [0.1, 0.15) is 58.3 Å². The molecule has 0 atom stereocenters. The number of nitrogens with two attached hydrogens (primary N) is 1. The Balaban J connectivity index is 1.83. The van der Waals surface area contributed by atoms with Crippen LogP contribution >= 0.6 is 0 Å². The van der Waals surface area contributed by atoms with E-state index in [1.54, 1.807) is 0 Å². The first-order valence-electron chi connectivity index (χ1n) is 6.96. The van der Waals surface area contributed by atoms with Crippen LogP contribution in [0.15, 0.2) is 0 Å². The lowest BCUT2D eigenvalue weighted by Gasteiger charge is -2.31. The van der Waals surface area contributed by atoms with E-state index in [9.17, 15) is 4.79 Å². The van der Waals surface area contributed by atoms with Crippen molar-refractivity contribution in [1.29, 1.82) is 0 Å². The summed E-state index contributed by atoms with van der Waals surface area (Å²) in [5, 5.41) is 0. The van der Waals surface area contributed by atoms with Crippen LogP contribution in [-0.2, 0) is 4.79 Å². The molecular weight excluding hydrogens is 198 g/mol. The third-order valence-corrected chi connectivity index (χ3v) is 4.59. The second kappa shape index (κ2) is 5.31. The van der Waals surface area contributed by atoms with Gasteiger partial charge in [-0.05, 0) is 44.4 Å². The minimum absolute atomic E-state index is 0.346. The molecule has 0 unspecified atom stereocenters. The van der Waals surface area contributed by atoms with Crippen molar-refractivity contribution in [1.82, 2.24) is 0 Å². The lowest BCUT2D eigenvalue weighted by molar-refractivity contribution is -0.129. The molecule has 2 saturated carbocycles. The zero-order chi connectivity index (χ0) is 11.5. The van der Waals surface area contributed by atoms with Crippen molar-refractivity contribution in [2.45, 2.75) is 64.3 Å². The van der Waals surface area contributed by atoms with Gasteiger partial charge in [-0.3, -0.25) is 4.79 Å². The van der Waals surface area contributed by atoms with Crippen molar-refractivity contribution in [3.8, 4) is 0 Å². The highest BCUT2D eigenvalue weighted by Crippen LogP contribution is 2.34. The molecule has 16 heavy (non-hydrogen) atoms. The smallest absolute Gasteiger partial charge is 0.139 e. The van der Waals surface area contributed by atoms with Crippen LogP contribution in [0.25, 0.3) is 0 Å². The summed E-state index contributed by atoms with van der Waals surface area (Å²) in [4.78, 5) is 12.3. The molecule has 2 heteroatoms. The molecule has 0 spiro atoms. The van der Waals surface area contributed by atoms with Crippen LogP contribution in [0.4, 0.5) is 0 Å². The number of hydrogen-bond acceptors (Lipinski definition) is 2. The highest BCUT2D eigenvalue weighted by molar-refractivity contribution is 5.83. The highest BCUT2D eigenvalue weighted by Gasteiger charge is 2.31. The van der Waals surface area contributed by atoms with Crippen LogP contribution in [0, 0.1) is 17.8 Å². The molecule has 2 nitrogen and oxygen atoms in total. The van der Waals surface area contributed by atoms with Gasteiger partial charge in [-0.25, -0.2) is 0 Å². The molecular formula is C14H25NO. The van der Waals surface area contributed by atoms with Crippen molar-refractivity contribution in [2.75, 3.05) is 0 Å². The summed E-state index contributed by atoms with van der Waals surface area (Å²) in [5.74, 6) is 2.14. The predicted octanol–water partition coefficient (Wildman–Crippen LogP) is 2.90. The molecule has 0 radical (unpaired) electrons. The van der Waals surface area contributed by atoms with E-state index in [0.29, 0.717) is 23.7 Å². The minimum Gasteiger partial charge on any atom is -0.328 e. The maximum Gasteiger partial charge on any atom is 0.139 e. The van der Waals surface area contributed by atoms with Gasteiger partial charge in [0.15, 0.2) is 0 Å². The van der Waals surface area contributed by atoms with Crippen LogP contribution in [-0.4, -0.2) is 11.8 Å². The monoisotopic (exact) mass is 223 g/mol. The van der Waals surface area contributed by atoms with Crippen LogP contribution in [0.3, 0.4) is 0 Å². The van der Waals surface area contributed by atoms with Crippen LogP contribution in [0.5, 0.6) is 0 Å². The van der Waals surface area contributed by atoms with Gasteiger partial charge in [0, 0.05) is 17.9 Å². The van der Waals surface area contributed by atoms with E-state index in [-0.39, 0.29) is 0 Å². The van der Waals surface area contributed by atoms with Crippen molar-refractivity contribution < 1.29 is 4.79 Å². The van der Waals surface area contributed by atoms with Gasteiger partial charge >= 0.3 is 0 Å². The molecule has 0 amide bonds. The molecule has 0 aliphatic heterocycles. The second-order valence-corrected chi connectivity index (χ2v) is 5.97. The quantitative estimate of drug-likeness (QED) is 0.782. The Kier molecular flexibility index (Phi) is 4.01. The number of rotatable bonds is 2. The zero-order valence-electron chi connectivity index (χ0n) is 10.5. The summed E-state index contributed by atoms with van der Waals surface area (Å²) in [7, 11) is 0. The topological polar surface area (TPSA) is 43.1 Å². The fourth-order valence-corrected chi connectivity index (χ4v) is 3.28. The van der Waals surface area contributed by atoms with Crippen molar-refractivity contribution in [3.63, 3.8) is 0 Å². The molecule has 92 valence electrons.